The molecular weight excluding hydrogens is 218 g/mol. The Bertz CT molecular complexity index is 491. The standard InChI is InChI=1S/C11H15N5O/c1-8-10(17)13-11(16-14-8)15-12-7-9-5-3-2-4-6-9/h2-3,7,9H,4-6H2,1H3,(H2,13,15,16,17)/b12-7-/t9-/m1/s1. The maximum Gasteiger partial charge on any atom is 0.274 e. The maximum absolute atomic E-state index is 11.2. The molecule has 0 spiro atoms. The Labute approximate surface area is 98.9 Å². The minimum absolute atomic E-state index is 0.252. The van der Waals surface area contributed by atoms with E-state index in [1.165, 1.54) is 0 Å². The first kappa shape index (κ1) is 11.5. The van der Waals surface area contributed by atoms with Crippen LogP contribution >= 0.6 is 0 Å². The maximum atomic E-state index is 11.2. The lowest BCUT2D eigenvalue weighted by Crippen LogP contribution is -2.15. The van der Waals surface area contributed by atoms with Crippen molar-refractivity contribution in [2.45, 2.75) is 26.2 Å². The highest BCUT2D eigenvalue weighted by atomic mass is 16.1. The lowest BCUT2D eigenvalue weighted by Gasteiger charge is -2.11. The minimum atomic E-state index is -0.252. The van der Waals surface area contributed by atoms with E-state index in [0.29, 0.717) is 11.6 Å². The van der Waals surface area contributed by atoms with Crippen molar-refractivity contribution in [3.8, 4) is 0 Å². The second kappa shape index (κ2) is 5.38. The molecule has 1 aliphatic carbocycles. The molecule has 6 nitrogen and oxygen atoms in total. The first-order valence-corrected chi connectivity index (χ1v) is 5.63. The van der Waals surface area contributed by atoms with Crippen LogP contribution in [-0.2, 0) is 0 Å². The first-order chi connectivity index (χ1) is 8.25. The fourth-order valence-corrected chi connectivity index (χ4v) is 1.60. The van der Waals surface area contributed by atoms with Crippen molar-refractivity contribution >= 4 is 12.2 Å². The second-order valence-corrected chi connectivity index (χ2v) is 4.02. The van der Waals surface area contributed by atoms with Crippen LogP contribution in [-0.4, -0.2) is 21.4 Å². The largest absolute Gasteiger partial charge is 0.288 e. The number of nitrogens with zero attached hydrogens (tertiary/aromatic N) is 3. The number of H-pyrrole nitrogens is 1. The summed E-state index contributed by atoms with van der Waals surface area (Å²) < 4.78 is 0. The molecule has 0 bridgehead atoms. The molecule has 0 saturated heterocycles. The van der Waals surface area contributed by atoms with Crippen LogP contribution < -0.4 is 11.0 Å². The third-order valence-corrected chi connectivity index (χ3v) is 2.63. The van der Waals surface area contributed by atoms with Crippen LogP contribution in [0.1, 0.15) is 25.0 Å². The Morgan fingerprint density at radius 2 is 2.41 bits per heavy atom. The molecule has 2 N–H and O–H groups in total. The fourth-order valence-electron chi connectivity index (χ4n) is 1.60. The Kier molecular flexibility index (Phi) is 3.64. The van der Waals surface area contributed by atoms with Crippen molar-refractivity contribution in [1.29, 1.82) is 0 Å². The number of anilines is 1. The Morgan fingerprint density at radius 1 is 1.53 bits per heavy atom. The summed E-state index contributed by atoms with van der Waals surface area (Å²) in [6.45, 7) is 1.60. The summed E-state index contributed by atoms with van der Waals surface area (Å²) >= 11 is 0. The Balaban J connectivity index is 1.92. The van der Waals surface area contributed by atoms with Crippen molar-refractivity contribution < 1.29 is 0 Å². The molecule has 17 heavy (non-hydrogen) atoms. The molecule has 0 radical (unpaired) electrons. The Hall–Kier alpha value is -1.98. The smallest absolute Gasteiger partial charge is 0.274 e. The molecular formula is C11H15N5O. The third-order valence-electron chi connectivity index (χ3n) is 2.63. The van der Waals surface area contributed by atoms with Crippen molar-refractivity contribution in [3.63, 3.8) is 0 Å². The van der Waals surface area contributed by atoms with Gasteiger partial charge in [-0.25, -0.2) is 5.43 Å². The van der Waals surface area contributed by atoms with E-state index in [1.807, 2.05) is 6.21 Å². The third kappa shape index (κ3) is 3.24. The van der Waals surface area contributed by atoms with Gasteiger partial charge in [0.15, 0.2) is 0 Å². The van der Waals surface area contributed by atoms with Gasteiger partial charge < -0.3 is 0 Å². The number of allylic oxidation sites excluding steroid dienone is 2. The summed E-state index contributed by atoms with van der Waals surface area (Å²) in [6, 6.07) is 0. The monoisotopic (exact) mass is 233 g/mol. The molecule has 0 unspecified atom stereocenters. The molecule has 0 fully saturated rings. The van der Waals surface area contributed by atoms with Gasteiger partial charge in [0.25, 0.3) is 5.56 Å². The van der Waals surface area contributed by atoms with Crippen LogP contribution in [0.25, 0.3) is 0 Å². The summed E-state index contributed by atoms with van der Waals surface area (Å²) in [5.41, 5.74) is 2.77. The molecule has 0 aromatic carbocycles. The second-order valence-electron chi connectivity index (χ2n) is 4.02. The Morgan fingerprint density at radius 3 is 3.12 bits per heavy atom. The number of hydrogen-bond donors (Lipinski definition) is 2. The average molecular weight is 233 g/mol. The molecule has 0 aliphatic heterocycles. The quantitative estimate of drug-likeness (QED) is 0.467. The van der Waals surface area contributed by atoms with Crippen molar-refractivity contribution in [3.05, 3.63) is 28.2 Å². The van der Waals surface area contributed by atoms with Crippen LogP contribution in [0.5, 0.6) is 0 Å². The normalized spacial score (nSPS) is 19.7. The molecule has 0 saturated carbocycles. The van der Waals surface area contributed by atoms with Crippen LogP contribution in [0.3, 0.4) is 0 Å². The fraction of sp³-hybridized carbons (Fsp3) is 0.455. The van der Waals surface area contributed by atoms with Gasteiger partial charge in [-0.3, -0.25) is 9.78 Å². The zero-order chi connectivity index (χ0) is 12.1. The number of hydrazone groups is 1. The number of hydrogen-bond acceptors (Lipinski definition) is 5. The summed E-state index contributed by atoms with van der Waals surface area (Å²) in [5.74, 6) is 0.723. The molecule has 1 aliphatic rings. The molecule has 2 rings (SSSR count). The number of rotatable bonds is 3. The predicted molar refractivity (Wildman–Crippen MR) is 66.0 cm³/mol. The van der Waals surface area contributed by atoms with Gasteiger partial charge >= 0.3 is 0 Å². The van der Waals surface area contributed by atoms with Crippen LogP contribution in [0, 0.1) is 12.8 Å². The van der Waals surface area contributed by atoms with E-state index < -0.39 is 0 Å². The van der Waals surface area contributed by atoms with E-state index in [2.05, 4.69) is 37.9 Å². The molecule has 1 heterocycles. The van der Waals surface area contributed by atoms with Crippen molar-refractivity contribution in [2.75, 3.05) is 5.43 Å². The van der Waals surface area contributed by atoms with Crippen LogP contribution in [0.4, 0.5) is 5.95 Å². The van der Waals surface area contributed by atoms with E-state index >= 15 is 0 Å². The lowest BCUT2D eigenvalue weighted by atomic mass is 9.96. The molecule has 0 amide bonds. The van der Waals surface area contributed by atoms with E-state index in [9.17, 15) is 4.79 Å². The van der Waals surface area contributed by atoms with Crippen LogP contribution in [0.2, 0.25) is 0 Å². The highest BCUT2D eigenvalue weighted by Gasteiger charge is 2.06. The molecule has 6 heteroatoms. The van der Waals surface area contributed by atoms with Gasteiger partial charge in [-0.15, -0.1) is 10.2 Å². The van der Waals surface area contributed by atoms with Gasteiger partial charge in [0.1, 0.15) is 5.69 Å². The van der Waals surface area contributed by atoms with Gasteiger partial charge in [0.05, 0.1) is 0 Å². The number of aryl methyl sites for hydroxylation is 1. The summed E-state index contributed by atoms with van der Waals surface area (Å²) in [5, 5.41) is 11.5. The van der Waals surface area contributed by atoms with Crippen LogP contribution in [0.15, 0.2) is 22.0 Å². The number of aromatic nitrogens is 3. The molecule has 1 atom stereocenters. The van der Waals surface area contributed by atoms with E-state index in [4.69, 9.17) is 0 Å². The van der Waals surface area contributed by atoms with E-state index in [0.717, 1.165) is 19.3 Å². The molecule has 1 aromatic rings. The SMILES string of the molecule is Cc1nnc(N/N=C\[C@@H]2CC=CCC2)[nH]c1=O. The van der Waals surface area contributed by atoms with Gasteiger partial charge in [-0.05, 0) is 32.1 Å². The highest BCUT2D eigenvalue weighted by Crippen LogP contribution is 2.15. The minimum Gasteiger partial charge on any atom is -0.288 e. The lowest BCUT2D eigenvalue weighted by molar-refractivity contribution is 0.627. The topological polar surface area (TPSA) is 83.0 Å². The van der Waals surface area contributed by atoms with Gasteiger partial charge in [-0.1, -0.05) is 12.2 Å². The predicted octanol–water partition coefficient (Wildman–Crippen LogP) is 1.23. The zero-order valence-corrected chi connectivity index (χ0v) is 9.68. The molecule has 1 aromatic heterocycles. The van der Waals surface area contributed by atoms with Gasteiger partial charge in [0, 0.05) is 6.21 Å². The van der Waals surface area contributed by atoms with Gasteiger partial charge in [-0.2, -0.15) is 5.10 Å². The van der Waals surface area contributed by atoms with Crippen molar-refractivity contribution in [2.24, 2.45) is 11.0 Å². The number of aromatic amines is 1. The summed E-state index contributed by atoms with van der Waals surface area (Å²) in [4.78, 5) is 13.8. The van der Waals surface area contributed by atoms with Gasteiger partial charge in [0.2, 0.25) is 5.95 Å². The average Bonchev–Trinajstić information content (AvgIpc) is 2.35. The molecule has 90 valence electrons. The summed E-state index contributed by atoms with van der Waals surface area (Å²) in [6.07, 6.45) is 9.41. The van der Waals surface area contributed by atoms with E-state index in [1.54, 1.807) is 6.92 Å². The first-order valence-electron chi connectivity index (χ1n) is 5.63. The number of nitrogens with one attached hydrogen (secondary N) is 2. The highest BCUT2D eigenvalue weighted by molar-refractivity contribution is 5.62. The zero-order valence-electron chi connectivity index (χ0n) is 9.68. The van der Waals surface area contributed by atoms with E-state index in [-0.39, 0.29) is 11.5 Å². The summed E-state index contributed by atoms with van der Waals surface area (Å²) in [7, 11) is 0. The van der Waals surface area contributed by atoms with Crippen molar-refractivity contribution in [1.82, 2.24) is 15.2 Å².